The van der Waals surface area contributed by atoms with Gasteiger partial charge in [-0.15, -0.1) is 0 Å². The van der Waals surface area contributed by atoms with Crippen molar-refractivity contribution < 1.29 is 56.4 Å². The Kier molecular flexibility index (Phi) is 12.8. The van der Waals surface area contributed by atoms with E-state index in [-0.39, 0.29) is 11.4 Å². The number of hydrogen-bond donors (Lipinski definition) is 2. The van der Waals surface area contributed by atoms with Gasteiger partial charge in [-0.25, -0.2) is 18.7 Å². The molecule has 1 saturated heterocycles. The summed E-state index contributed by atoms with van der Waals surface area (Å²) < 4.78 is 61.0. The lowest BCUT2D eigenvalue weighted by molar-refractivity contribution is -0.180. The van der Waals surface area contributed by atoms with E-state index in [0.717, 1.165) is 0 Å². The highest BCUT2D eigenvalue weighted by molar-refractivity contribution is 7.52. The Morgan fingerprint density at radius 3 is 2.25 bits per heavy atom. The van der Waals surface area contributed by atoms with Crippen LogP contribution in [0.25, 0.3) is 5.52 Å². The fraction of sp³-hybridized carbons (Fsp3) is 0.485. The van der Waals surface area contributed by atoms with Gasteiger partial charge < -0.3 is 38.7 Å². The molecule has 276 valence electrons. The van der Waals surface area contributed by atoms with Crippen LogP contribution in [0.3, 0.4) is 0 Å². The lowest BCUT2D eigenvalue weighted by Gasteiger charge is -2.31. The number of carbonyl (C=O) groups excluding carboxylic acids is 3. The Morgan fingerprint density at radius 1 is 1.00 bits per heavy atom. The van der Waals surface area contributed by atoms with E-state index in [0.29, 0.717) is 11.2 Å². The van der Waals surface area contributed by atoms with Gasteiger partial charge in [-0.3, -0.25) is 9.32 Å². The van der Waals surface area contributed by atoms with Crippen molar-refractivity contribution in [2.45, 2.75) is 82.9 Å². The van der Waals surface area contributed by atoms with Gasteiger partial charge in [0.2, 0.25) is 5.60 Å². The molecule has 0 unspecified atom stereocenters. The summed E-state index contributed by atoms with van der Waals surface area (Å²) in [4.78, 5) is 39.2. The molecule has 0 saturated carbocycles. The third-order valence-corrected chi connectivity index (χ3v) is 9.46. The van der Waals surface area contributed by atoms with E-state index in [1.807, 2.05) is 6.07 Å². The highest BCUT2D eigenvalue weighted by Crippen LogP contribution is 2.50. The molecule has 8 atom stereocenters. The number of methoxy groups -OCH3 is 2. The Balaban J connectivity index is 1.82. The summed E-state index contributed by atoms with van der Waals surface area (Å²) in [6, 6.07) is 13.5. The minimum atomic E-state index is -4.59. The quantitative estimate of drug-likeness (QED) is 0.123. The van der Waals surface area contributed by atoms with Crippen LogP contribution in [0.15, 0.2) is 54.7 Å². The van der Waals surface area contributed by atoms with Crippen molar-refractivity contribution in [2.24, 2.45) is 0 Å². The smallest absolute Gasteiger partial charge is 0.459 e. The van der Waals surface area contributed by atoms with Crippen LogP contribution >= 0.6 is 7.75 Å². The number of nitrogens with one attached hydrogen (secondary N) is 1. The highest BCUT2D eigenvalue weighted by Gasteiger charge is 2.62. The summed E-state index contributed by atoms with van der Waals surface area (Å²) in [5.41, 5.74) is 4.91. The molecule has 1 aliphatic rings. The van der Waals surface area contributed by atoms with Crippen LogP contribution in [0.5, 0.6) is 5.75 Å². The average Bonchev–Trinajstić information content (AvgIpc) is 3.66. The van der Waals surface area contributed by atoms with Crippen molar-refractivity contribution in [2.75, 3.05) is 26.6 Å². The third-order valence-electron chi connectivity index (χ3n) is 7.83. The monoisotopic (exact) mass is 731 g/mol. The normalized spacial score (nSPS) is 23.1. The first-order valence-electron chi connectivity index (χ1n) is 15.9. The standard InChI is InChI=1S/C33H42N5O12P/c1-19(2)46-30(39)20(3)37-51(42,50-23-11-9-8-10-12-23)45-18-33(17-34)29(48-32(41)22(5)44-7)28(47-31(40)21(4)43-6)27(49-33)26-14-13-25-24(35)15-16-36-38(25)26/h8-16,19-22,27-29H,18,35H2,1-7H3,(H,37,42)/t20-,21+,22+,27-,28-,29-,33+,51-/m0/s1. The Hall–Kier alpha value is -4.56. The fourth-order valence-electron chi connectivity index (χ4n) is 4.97. The van der Waals surface area contributed by atoms with Crippen LogP contribution in [-0.2, 0) is 51.9 Å². The average molecular weight is 732 g/mol. The predicted octanol–water partition coefficient (Wildman–Crippen LogP) is 3.28. The van der Waals surface area contributed by atoms with Crippen LogP contribution in [0.2, 0.25) is 0 Å². The molecule has 1 aromatic carbocycles. The number of benzene rings is 1. The van der Waals surface area contributed by atoms with Gasteiger partial charge in [0.1, 0.15) is 30.6 Å². The number of fused-ring (bicyclic) bond motifs is 1. The van der Waals surface area contributed by atoms with Crippen LogP contribution in [0.1, 0.15) is 46.4 Å². The molecule has 0 spiro atoms. The predicted molar refractivity (Wildman–Crippen MR) is 179 cm³/mol. The van der Waals surface area contributed by atoms with E-state index < -0.39 is 80.5 Å². The molecule has 3 aromatic rings. The molecular weight excluding hydrogens is 689 g/mol. The second-order valence-corrected chi connectivity index (χ2v) is 13.6. The molecule has 0 aliphatic carbocycles. The summed E-state index contributed by atoms with van der Waals surface area (Å²) in [6.45, 7) is 6.61. The minimum Gasteiger partial charge on any atom is -0.462 e. The van der Waals surface area contributed by atoms with Crippen molar-refractivity contribution in [3.05, 3.63) is 60.4 Å². The molecule has 0 bridgehead atoms. The minimum absolute atomic E-state index is 0.0922. The first-order valence-corrected chi connectivity index (χ1v) is 17.5. The lowest BCUT2D eigenvalue weighted by atomic mass is 9.95. The molecule has 4 rings (SSSR count). The van der Waals surface area contributed by atoms with Crippen molar-refractivity contribution >= 4 is 36.9 Å². The number of nitrogens with zero attached hydrogens (tertiary/aromatic N) is 3. The van der Waals surface area contributed by atoms with Gasteiger partial charge in [-0.2, -0.15) is 15.4 Å². The third kappa shape index (κ3) is 9.03. The van der Waals surface area contributed by atoms with Gasteiger partial charge in [0, 0.05) is 20.4 Å². The van der Waals surface area contributed by atoms with Crippen LogP contribution in [0.4, 0.5) is 5.69 Å². The number of ether oxygens (including phenoxy) is 6. The summed E-state index contributed by atoms with van der Waals surface area (Å²) >= 11 is 0. The van der Waals surface area contributed by atoms with Crippen molar-refractivity contribution in [1.29, 1.82) is 5.26 Å². The number of anilines is 1. The number of carbonyl (C=O) groups is 3. The number of esters is 3. The second kappa shape index (κ2) is 16.6. The zero-order valence-corrected chi connectivity index (χ0v) is 30.1. The number of para-hydroxylation sites is 1. The summed E-state index contributed by atoms with van der Waals surface area (Å²) in [6.07, 6.45) is -5.88. The largest absolute Gasteiger partial charge is 0.462 e. The summed E-state index contributed by atoms with van der Waals surface area (Å²) in [5.74, 6) is -2.49. The number of nitriles is 1. The SMILES string of the molecule is CO[C@H](C)C(=O)O[C@H]1[C@H](c2ccc3c(N)ccnn23)O[C@](C#N)(CO[P@@](=O)(N[C@@H](C)C(=O)OC(C)C)Oc2ccccc2)[C@H]1OC(=O)[C@@H](C)OC. The zero-order valence-electron chi connectivity index (χ0n) is 29.2. The van der Waals surface area contributed by atoms with Crippen molar-refractivity contribution in [3.8, 4) is 11.8 Å². The summed E-state index contributed by atoms with van der Waals surface area (Å²) in [7, 11) is -2.02. The van der Waals surface area contributed by atoms with Gasteiger partial charge in [-0.1, -0.05) is 18.2 Å². The van der Waals surface area contributed by atoms with Gasteiger partial charge in [0.05, 0.1) is 23.0 Å². The van der Waals surface area contributed by atoms with Crippen molar-refractivity contribution in [1.82, 2.24) is 14.7 Å². The van der Waals surface area contributed by atoms with E-state index in [4.69, 9.17) is 43.2 Å². The second-order valence-electron chi connectivity index (χ2n) is 11.9. The summed E-state index contributed by atoms with van der Waals surface area (Å²) in [5, 5.41) is 17.7. The van der Waals surface area contributed by atoms with E-state index >= 15 is 0 Å². The van der Waals surface area contributed by atoms with Crippen molar-refractivity contribution in [3.63, 3.8) is 0 Å². The number of aromatic nitrogens is 2. The van der Waals surface area contributed by atoms with E-state index in [1.54, 1.807) is 50.2 Å². The van der Waals surface area contributed by atoms with Gasteiger partial charge in [-0.05, 0) is 65.0 Å². The van der Waals surface area contributed by atoms with Crippen LogP contribution < -0.4 is 15.3 Å². The van der Waals surface area contributed by atoms with Gasteiger partial charge >= 0.3 is 25.7 Å². The molecule has 1 fully saturated rings. The Bertz CT molecular complexity index is 1780. The van der Waals surface area contributed by atoms with E-state index in [1.165, 1.54) is 57.8 Å². The van der Waals surface area contributed by atoms with Gasteiger partial charge in [0.15, 0.2) is 24.4 Å². The van der Waals surface area contributed by atoms with E-state index in [9.17, 15) is 24.2 Å². The maximum Gasteiger partial charge on any atom is 0.459 e. The number of rotatable bonds is 16. The first kappa shape index (κ1) is 39.2. The molecule has 3 N–H and O–H groups in total. The first-order chi connectivity index (χ1) is 24.2. The molecule has 0 radical (unpaired) electrons. The Morgan fingerprint density at radius 2 is 1.65 bits per heavy atom. The number of hydrogen-bond acceptors (Lipinski definition) is 15. The van der Waals surface area contributed by atoms with Crippen LogP contribution in [0, 0.1) is 11.3 Å². The topological polar surface area (TPSA) is 221 Å². The molecule has 18 heteroatoms. The maximum atomic E-state index is 14.4. The molecule has 17 nitrogen and oxygen atoms in total. The van der Waals surface area contributed by atoms with Crippen LogP contribution in [-0.4, -0.2) is 90.5 Å². The van der Waals surface area contributed by atoms with Gasteiger partial charge in [0.25, 0.3) is 0 Å². The molecule has 0 amide bonds. The zero-order chi connectivity index (χ0) is 37.5. The number of nitrogens with two attached hydrogens (primary N) is 1. The molecule has 3 heterocycles. The molecule has 2 aromatic heterocycles. The highest BCUT2D eigenvalue weighted by atomic mass is 31.2. The Labute approximate surface area is 294 Å². The lowest BCUT2D eigenvalue weighted by Crippen LogP contribution is -2.51. The molecule has 1 aliphatic heterocycles. The molecule has 51 heavy (non-hydrogen) atoms. The maximum absolute atomic E-state index is 14.4. The molecular formula is C33H42N5O12P. The number of nitrogen functional groups attached to an aromatic ring is 1. The van der Waals surface area contributed by atoms with E-state index in [2.05, 4.69) is 10.2 Å². The fourth-order valence-corrected chi connectivity index (χ4v) is 6.49.